The average molecular weight is 470 g/mol. The number of hydrogen-bond donors (Lipinski definition) is 4. The number of hydrogen-bond acceptors (Lipinski definition) is 8. The highest BCUT2D eigenvalue weighted by molar-refractivity contribution is 7.13. The van der Waals surface area contributed by atoms with E-state index in [0.717, 1.165) is 49.2 Å². The fourth-order valence-electron chi connectivity index (χ4n) is 3.53. The molecule has 1 aliphatic rings. The molecule has 1 saturated heterocycles. The Hall–Kier alpha value is -3.00. The van der Waals surface area contributed by atoms with Gasteiger partial charge in [0.25, 0.3) is 5.91 Å². The molecular weight excluding hydrogens is 438 g/mol. The zero-order valence-electron chi connectivity index (χ0n) is 18.9. The van der Waals surface area contributed by atoms with Crippen molar-refractivity contribution in [1.82, 2.24) is 25.8 Å². The predicted molar refractivity (Wildman–Crippen MR) is 129 cm³/mol. The summed E-state index contributed by atoms with van der Waals surface area (Å²) in [6.45, 7) is 7.45. The number of carbonyl (C=O) groups is 2. The highest BCUT2D eigenvalue weighted by atomic mass is 32.1. The Morgan fingerprint density at radius 1 is 1.24 bits per heavy atom. The van der Waals surface area contributed by atoms with Gasteiger partial charge < -0.3 is 21.3 Å². The van der Waals surface area contributed by atoms with Gasteiger partial charge in [-0.25, -0.2) is 4.98 Å². The van der Waals surface area contributed by atoms with Gasteiger partial charge in [0.2, 0.25) is 5.91 Å². The van der Waals surface area contributed by atoms with Crippen LogP contribution in [0.3, 0.4) is 0 Å². The van der Waals surface area contributed by atoms with Crippen molar-refractivity contribution < 1.29 is 9.59 Å². The van der Waals surface area contributed by atoms with Gasteiger partial charge in [0.05, 0.1) is 11.8 Å². The minimum Gasteiger partial charge on any atom is -0.352 e. The lowest BCUT2D eigenvalue weighted by Crippen LogP contribution is -2.42. The van der Waals surface area contributed by atoms with E-state index in [9.17, 15) is 9.59 Å². The van der Waals surface area contributed by atoms with Crippen LogP contribution in [0, 0.1) is 17.2 Å². The van der Waals surface area contributed by atoms with Gasteiger partial charge >= 0.3 is 0 Å². The van der Waals surface area contributed by atoms with Crippen LogP contribution in [0.15, 0.2) is 29.6 Å². The second-order valence-electron chi connectivity index (χ2n) is 8.16. The number of piperazine rings is 1. The Bertz CT molecular complexity index is 948. The summed E-state index contributed by atoms with van der Waals surface area (Å²) in [4.78, 5) is 31.1. The van der Waals surface area contributed by atoms with Gasteiger partial charge in [-0.3, -0.25) is 14.5 Å². The predicted octanol–water partition coefficient (Wildman–Crippen LogP) is 2.08. The van der Waals surface area contributed by atoms with Crippen molar-refractivity contribution in [2.24, 2.45) is 5.92 Å². The number of thiazole rings is 1. The summed E-state index contributed by atoms with van der Waals surface area (Å²) in [5, 5.41) is 23.5. The first-order chi connectivity index (χ1) is 16.0. The monoisotopic (exact) mass is 469 g/mol. The summed E-state index contributed by atoms with van der Waals surface area (Å²) < 4.78 is 0. The zero-order chi connectivity index (χ0) is 23.5. The summed E-state index contributed by atoms with van der Waals surface area (Å²) in [7, 11) is 0. The number of benzene rings is 1. The van der Waals surface area contributed by atoms with Crippen LogP contribution in [0.1, 0.15) is 35.8 Å². The Morgan fingerprint density at radius 2 is 2.00 bits per heavy atom. The van der Waals surface area contributed by atoms with E-state index in [2.05, 4.69) is 36.5 Å². The van der Waals surface area contributed by atoms with Crippen LogP contribution >= 0.6 is 11.3 Å². The average Bonchev–Trinajstić information content (AvgIpc) is 3.25. The van der Waals surface area contributed by atoms with Gasteiger partial charge in [0, 0.05) is 62.3 Å². The molecule has 0 aliphatic carbocycles. The molecule has 3 rings (SSSR count). The smallest absolute Gasteiger partial charge is 0.251 e. The Morgan fingerprint density at radius 3 is 2.73 bits per heavy atom. The van der Waals surface area contributed by atoms with Gasteiger partial charge in [-0.1, -0.05) is 6.92 Å². The van der Waals surface area contributed by atoms with Crippen LogP contribution in [0.5, 0.6) is 0 Å². The number of anilines is 2. The quantitative estimate of drug-likeness (QED) is 0.372. The molecule has 1 fully saturated rings. The highest BCUT2D eigenvalue weighted by Gasteiger charge is 2.13. The molecule has 9 nitrogen and oxygen atoms in total. The van der Waals surface area contributed by atoms with Crippen molar-refractivity contribution in [3.63, 3.8) is 0 Å². The minimum atomic E-state index is -0.144. The normalized spacial score (nSPS) is 14.8. The number of rotatable bonds is 11. The Labute approximate surface area is 198 Å². The highest BCUT2D eigenvalue weighted by Crippen LogP contribution is 2.22. The van der Waals surface area contributed by atoms with Crippen LogP contribution in [-0.2, 0) is 11.3 Å². The van der Waals surface area contributed by atoms with E-state index < -0.39 is 0 Å². The Kier molecular flexibility index (Phi) is 9.62. The molecule has 4 N–H and O–H groups in total. The molecular formula is C23H31N7O2S. The standard InChI is InChI=1S/C23H31N7O2S/c1-17(14-21(31)26-9-7-24)6-8-27-22(32)18-2-4-19(5-3-18)28-23-29-20(16-33-23)15-30-12-10-25-11-13-30/h2-5,16-17,25H,6,8-15H2,1H3,(H,26,31)(H,27,32)(H,28,29). The number of nitrogens with zero attached hydrogens (tertiary/aromatic N) is 3. The molecule has 2 amide bonds. The van der Waals surface area contributed by atoms with E-state index in [1.807, 2.05) is 25.1 Å². The summed E-state index contributed by atoms with van der Waals surface area (Å²) in [5.41, 5.74) is 2.53. The van der Waals surface area contributed by atoms with Gasteiger partial charge in [0.1, 0.15) is 6.54 Å². The molecule has 2 aromatic rings. The van der Waals surface area contributed by atoms with E-state index in [4.69, 9.17) is 5.26 Å². The molecule has 1 aromatic carbocycles. The topological polar surface area (TPSA) is 122 Å². The summed E-state index contributed by atoms with van der Waals surface area (Å²) >= 11 is 1.58. The van der Waals surface area contributed by atoms with Crippen LogP contribution in [0.4, 0.5) is 10.8 Å². The molecule has 176 valence electrons. The van der Waals surface area contributed by atoms with Crippen LogP contribution < -0.4 is 21.3 Å². The van der Waals surface area contributed by atoms with Gasteiger partial charge in [-0.2, -0.15) is 5.26 Å². The van der Waals surface area contributed by atoms with Crippen molar-refractivity contribution >= 4 is 34.0 Å². The van der Waals surface area contributed by atoms with Gasteiger partial charge in [-0.15, -0.1) is 11.3 Å². The summed E-state index contributed by atoms with van der Waals surface area (Å²) in [6.07, 6.45) is 1.03. The lowest BCUT2D eigenvalue weighted by atomic mass is 10.0. The Balaban J connectivity index is 1.40. The second kappa shape index (κ2) is 12.9. The third kappa shape index (κ3) is 8.46. The fraction of sp³-hybridized carbons (Fsp3) is 0.478. The summed E-state index contributed by atoms with van der Waals surface area (Å²) in [6, 6.07) is 9.19. The molecule has 0 bridgehead atoms. The van der Waals surface area contributed by atoms with E-state index in [1.165, 1.54) is 0 Å². The zero-order valence-corrected chi connectivity index (χ0v) is 19.7. The number of carbonyl (C=O) groups excluding carboxylic acids is 2. The molecule has 0 spiro atoms. The first-order valence-corrected chi connectivity index (χ1v) is 12.1. The van der Waals surface area contributed by atoms with Crippen LogP contribution in [-0.4, -0.2) is 61.0 Å². The van der Waals surface area contributed by atoms with Crippen molar-refractivity contribution in [3.05, 3.63) is 40.9 Å². The van der Waals surface area contributed by atoms with E-state index in [1.54, 1.807) is 23.5 Å². The molecule has 0 saturated carbocycles. The number of nitriles is 1. The first kappa shape index (κ1) is 24.6. The lowest BCUT2D eigenvalue weighted by Gasteiger charge is -2.26. The third-order valence-corrected chi connectivity index (χ3v) is 6.17. The van der Waals surface area contributed by atoms with Gasteiger partial charge in [0.15, 0.2) is 5.13 Å². The van der Waals surface area contributed by atoms with E-state index in [0.29, 0.717) is 24.9 Å². The number of aromatic nitrogens is 1. The molecule has 1 unspecified atom stereocenters. The van der Waals surface area contributed by atoms with Gasteiger partial charge in [-0.05, 0) is 36.6 Å². The molecule has 2 heterocycles. The maximum Gasteiger partial charge on any atom is 0.251 e. The molecule has 0 radical (unpaired) electrons. The van der Waals surface area contributed by atoms with Crippen LogP contribution in [0.25, 0.3) is 0 Å². The first-order valence-electron chi connectivity index (χ1n) is 11.2. The maximum atomic E-state index is 12.4. The maximum absolute atomic E-state index is 12.4. The van der Waals surface area contributed by atoms with Crippen molar-refractivity contribution in [1.29, 1.82) is 5.26 Å². The summed E-state index contributed by atoms with van der Waals surface area (Å²) in [5.74, 6) is -0.171. The lowest BCUT2D eigenvalue weighted by molar-refractivity contribution is -0.121. The van der Waals surface area contributed by atoms with E-state index in [-0.39, 0.29) is 24.3 Å². The number of nitrogens with one attached hydrogen (secondary N) is 4. The number of amides is 2. The van der Waals surface area contributed by atoms with Crippen LogP contribution in [0.2, 0.25) is 0 Å². The second-order valence-corrected chi connectivity index (χ2v) is 9.02. The molecule has 1 atom stereocenters. The van der Waals surface area contributed by atoms with E-state index >= 15 is 0 Å². The molecule has 1 aliphatic heterocycles. The largest absolute Gasteiger partial charge is 0.352 e. The SMILES string of the molecule is CC(CCNC(=O)c1ccc(Nc2nc(CN3CCNCC3)cs2)cc1)CC(=O)NCC#N. The fourth-order valence-corrected chi connectivity index (χ4v) is 4.25. The molecule has 10 heteroatoms. The van der Waals surface area contributed by atoms with Crippen molar-refractivity contribution in [2.45, 2.75) is 26.3 Å². The third-order valence-electron chi connectivity index (χ3n) is 5.37. The van der Waals surface area contributed by atoms with Crippen molar-refractivity contribution in [3.8, 4) is 6.07 Å². The molecule has 33 heavy (non-hydrogen) atoms. The minimum absolute atomic E-state index is 0.0212. The van der Waals surface area contributed by atoms with Crippen molar-refractivity contribution in [2.75, 3.05) is 44.6 Å². The molecule has 1 aromatic heterocycles.